The van der Waals surface area contributed by atoms with Crippen molar-refractivity contribution >= 4 is 61.2 Å². The van der Waals surface area contributed by atoms with Crippen LogP contribution < -0.4 is 4.72 Å². The first-order chi connectivity index (χ1) is 10.9. The third-order valence-corrected chi connectivity index (χ3v) is 6.83. The van der Waals surface area contributed by atoms with Gasteiger partial charge in [-0.3, -0.25) is 4.72 Å². The Bertz CT molecular complexity index is 967. The van der Waals surface area contributed by atoms with Gasteiger partial charge in [0.05, 0.1) is 14.1 Å². The summed E-state index contributed by atoms with van der Waals surface area (Å²) in [6, 6.07) is 8.24. The van der Waals surface area contributed by atoms with Crippen LogP contribution >= 0.6 is 46.1 Å². The molecule has 1 N–H and O–H groups in total. The van der Waals surface area contributed by atoms with Gasteiger partial charge in [-0.05, 0) is 36.8 Å². The summed E-state index contributed by atoms with van der Waals surface area (Å²) >= 11 is 14.1. The Morgan fingerprint density at radius 2 is 1.96 bits per heavy atom. The van der Waals surface area contributed by atoms with E-state index in [0.717, 1.165) is 16.4 Å². The fourth-order valence-corrected chi connectivity index (χ4v) is 5.19. The van der Waals surface area contributed by atoms with Crippen LogP contribution in [-0.2, 0) is 10.0 Å². The maximum atomic E-state index is 12.5. The predicted molar refractivity (Wildman–Crippen MR) is 95.2 cm³/mol. The maximum absolute atomic E-state index is 12.5. The first-order valence-corrected chi connectivity index (χ1v) is 10.1. The molecule has 0 saturated heterocycles. The van der Waals surface area contributed by atoms with Gasteiger partial charge in [-0.15, -0.1) is 11.3 Å². The molecule has 0 bridgehead atoms. The minimum Gasteiger partial charge on any atom is -0.253 e. The van der Waals surface area contributed by atoms with Crippen molar-refractivity contribution in [3.05, 3.63) is 45.3 Å². The van der Waals surface area contributed by atoms with Gasteiger partial charge in [0.1, 0.15) is 0 Å². The highest BCUT2D eigenvalue weighted by Crippen LogP contribution is 2.31. The Hall–Kier alpha value is -1.19. The third kappa shape index (κ3) is 3.51. The Morgan fingerprint density at radius 3 is 2.65 bits per heavy atom. The minimum atomic E-state index is -3.78. The van der Waals surface area contributed by atoms with E-state index < -0.39 is 10.0 Å². The lowest BCUT2D eigenvalue weighted by atomic mass is 10.2. The lowest BCUT2D eigenvalue weighted by molar-refractivity contribution is 0.600. The van der Waals surface area contributed by atoms with Crippen LogP contribution in [0.5, 0.6) is 0 Å². The van der Waals surface area contributed by atoms with E-state index in [1.165, 1.54) is 17.4 Å². The van der Waals surface area contributed by atoms with Crippen LogP contribution in [0.2, 0.25) is 9.36 Å². The van der Waals surface area contributed by atoms with Crippen LogP contribution in [0.4, 0.5) is 5.13 Å². The predicted octanol–water partition coefficient (Wildman–Crippen LogP) is 4.68. The summed E-state index contributed by atoms with van der Waals surface area (Å²) in [6.45, 7) is 1.65. The number of nitrogens with one attached hydrogen (secondary N) is 1. The molecule has 10 heteroatoms. The molecule has 0 spiro atoms. The second-order valence-electron chi connectivity index (χ2n) is 4.50. The third-order valence-electron chi connectivity index (χ3n) is 2.95. The molecular formula is C13H9Cl2N3O2S3. The van der Waals surface area contributed by atoms with E-state index in [4.69, 9.17) is 23.2 Å². The first kappa shape index (κ1) is 16.7. The van der Waals surface area contributed by atoms with E-state index in [0.29, 0.717) is 20.7 Å². The average Bonchev–Trinajstić information content (AvgIpc) is 3.10. The van der Waals surface area contributed by atoms with E-state index >= 15 is 0 Å². The second kappa shape index (κ2) is 6.37. The summed E-state index contributed by atoms with van der Waals surface area (Å²) < 4.78 is 32.1. The summed E-state index contributed by atoms with van der Waals surface area (Å²) in [7, 11) is -3.78. The normalized spacial score (nSPS) is 11.6. The van der Waals surface area contributed by atoms with E-state index in [9.17, 15) is 8.42 Å². The number of sulfonamides is 1. The van der Waals surface area contributed by atoms with Gasteiger partial charge in [0.15, 0.2) is 5.82 Å². The zero-order valence-electron chi connectivity index (χ0n) is 11.6. The molecule has 5 nitrogen and oxygen atoms in total. The highest BCUT2D eigenvalue weighted by atomic mass is 35.5. The van der Waals surface area contributed by atoms with Crippen LogP contribution in [0.25, 0.3) is 10.7 Å². The molecular weight excluding hydrogens is 397 g/mol. The largest absolute Gasteiger partial charge is 0.264 e. The summed E-state index contributed by atoms with van der Waals surface area (Å²) in [5, 5.41) is 0.572. The van der Waals surface area contributed by atoms with Gasteiger partial charge in [0.2, 0.25) is 5.13 Å². The van der Waals surface area contributed by atoms with E-state index in [-0.39, 0.29) is 10.0 Å². The molecule has 0 radical (unpaired) electrons. The van der Waals surface area contributed by atoms with Crippen LogP contribution in [-0.4, -0.2) is 17.8 Å². The van der Waals surface area contributed by atoms with E-state index in [2.05, 4.69) is 14.1 Å². The van der Waals surface area contributed by atoms with Crippen molar-refractivity contribution in [1.29, 1.82) is 0 Å². The number of rotatable bonds is 4. The number of aromatic nitrogens is 2. The van der Waals surface area contributed by atoms with Crippen molar-refractivity contribution in [2.75, 3.05) is 4.72 Å². The van der Waals surface area contributed by atoms with E-state index in [1.54, 1.807) is 31.2 Å². The number of anilines is 1. The van der Waals surface area contributed by atoms with Gasteiger partial charge in [-0.2, -0.15) is 9.36 Å². The van der Waals surface area contributed by atoms with Gasteiger partial charge < -0.3 is 0 Å². The van der Waals surface area contributed by atoms with Crippen LogP contribution in [0.15, 0.2) is 35.2 Å². The average molecular weight is 406 g/mol. The smallest absolute Gasteiger partial charge is 0.253 e. The fraction of sp³-hybridized carbons (Fsp3) is 0.0769. The van der Waals surface area contributed by atoms with E-state index in [1.807, 2.05) is 0 Å². The van der Waals surface area contributed by atoms with Crippen LogP contribution in [0, 0.1) is 6.92 Å². The molecule has 0 unspecified atom stereocenters. The summed E-state index contributed by atoms with van der Waals surface area (Å²) in [4.78, 5) is 5.08. The highest BCUT2D eigenvalue weighted by Gasteiger charge is 2.20. The zero-order chi connectivity index (χ0) is 16.6. The lowest BCUT2D eigenvalue weighted by Gasteiger charge is -2.08. The summed E-state index contributed by atoms with van der Waals surface area (Å²) in [5.74, 6) is 0.437. The zero-order valence-corrected chi connectivity index (χ0v) is 15.5. The van der Waals surface area contributed by atoms with Crippen molar-refractivity contribution in [2.45, 2.75) is 11.8 Å². The maximum Gasteiger partial charge on any atom is 0.264 e. The molecule has 0 amide bonds. The molecule has 2 heterocycles. The molecule has 120 valence electrons. The Labute approximate surface area is 151 Å². The van der Waals surface area contributed by atoms with Gasteiger partial charge in [-0.25, -0.2) is 8.42 Å². The van der Waals surface area contributed by atoms with Crippen molar-refractivity contribution in [1.82, 2.24) is 9.36 Å². The first-order valence-electron chi connectivity index (χ1n) is 6.24. The number of thiophene rings is 1. The lowest BCUT2D eigenvalue weighted by Crippen LogP contribution is -2.14. The molecule has 3 rings (SSSR count). The second-order valence-corrected chi connectivity index (χ2v) is 9.02. The van der Waals surface area contributed by atoms with Gasteiger partial charge in [-0.1, -0.05) is 29.3 Å². The van der Waals surface area contributed by atoms with Crippen molar-refractivity contribution in [3.8, 4) is 10.7 Å². The molecule has 0 aliphatic rings. The molecule has 0 saturated carbocycles. The van der Waals surface area contributed by atoms with Gasteiger partial charge in [0, 0.05) is 16.6 Å². The van der Waals surface area contributed by atoms with Crippen molar-refractivity contribution in [2.24, 2.45) is 0 Å². The van der Waals surface area contributed by atoms with Crippen LogP contribution in [0.1, 0.15) is 5.56 Å². The van der Waals surface area contributed by atoms with Gasteiger partial charge in [0.25, 0.3) is 10.0 Å². The quantitative estimate of drug-likeness (QED) is 0.683. The summed E-state index contributed by atoms with van der Waals surface area (Å²) in [5.41, 5.74) is 0.483. The number of benzene rings is 1. The topological polar surface area (TPSA) is 72.0 Å². The molecule has 1 aromatic carbocycles. The van der Waals surface area contributed by atoms with Gasteiger partial charge >= 0.3 is 0 Å². The molecule has 0 aliphatic carbocycles. The number of hydrogen-bond donors (Lipinski definition) is 1. The molecule has 0 fully saturated rings. The monoisotopic (exact) mass is 405 g/mol. The summed E-state index contributed by atoms with van der Waals surface area (Å²) in [6.07, 6.45) is 0. The Balaban J connectivity index is 1.90. The molecule has 2 aromatic heterocycles. The Kier molecular flexibility index (Phi) is 4.61. The number of nitrogens with zero attached hydrogens (tertiary/aromatic N) is 2. The molecule has 23 heavy (non-hydrogen) atoms. The Morgan fingerprint density at radius 1 is 1.17 bits per heavy atom. The standard InChI is InChI=1S/C13H9Cl2N3O2S3/c1-7-8(14)3-2-4-10(7)23(19,20)18-13-16-12(17-22-13)9-5-6-11(15)21-9/h2-6H,1H3,(H,16,17,18). The van der Waals surface area contributed by atoms with Crippen molar-refractivity contribution in [3.63, 3.8) is 0 Å². The van der Waals surface area contributed by atoms with Crippen molar-refractivity contribution < 1.29 is 8.42 Å². The SMILES string of the molecule is Cc1c(Cl)cccc1S(=O)(=O)Nc1nc(-c2ccc(Cl)s2)ns1. The fourth-order valence-electron chi connectivity index (χ4n) is 1.85. The highest BCUT2D eigenvalue weighted by molar-refractivity contribution is 7.93. The minimum absolute atomic E-state index is 0.112. The van der Waals surface area contributed by atoms with Crippen LogP contribution in [0.3, 0.4) is 0 Å². The number of hydrogen-bond acceptors (Lipinski definition) is 6. The molecule has 0 aliphatic heterocycles. The molecule has 3 aromatic rings. The number of halogens is 2. The molecule has 0 atom stereocenters.